The van der Waals surface area contributed by atoms with Crippen LogP contribution in [0.1, 0.15) is 29.2 Å². The Labute approximate surface area is 114 Å². The predicted molar refractivity (Wildman–Crippen MR) is 70.4 cm³/mol. The highest BCUT2D eigenvalue weighted by Gasteiger charge is 2.19. The van der Waals surface area contributed by atoms with E-state index in [-0.39, 0.29) is 23.8 Å². The van der Waals surface area contributed by atoms with Crippen molar-refractivity contribution in [3.63, 3.8) is 0 Å². The van der Waals surface area contributed by atoms with Crippen molar-refractivity contribution >= 4 is 17.5 Å². The molecule has 0 aromatic carbocycles. The van der Waals surface area contributed by atoms with Crippen molar-refractivity contribution in [2.75, 3.05) is 5.73 Å². The number of amides is 2. The number of primary amides is 1. The van der Waals surface area contributed by atoms with Crippen molar-refractivity contribution in [1.29, 1.82) is 0 Å². The van der Waals surface area contributed by atoms with Crippen LogP contribution in [0.25, 0.3) is 0 Å². The lowest BCUT2D eigenvalue weighted by Crippen LogP contribution is -2.31. The van der Waals surface area contributed by atoms with Crippen LogP contribution in [0.5, 0.6) is 0 Å². The zero-order chi connectivity index (χ0) is 14.7. The smallest absolute Gasteiger partial charge is 0.271 e. The third-order valence-corrected chi connectivity index (χ3v) is 2.79. The molecule has 0 aliphatic rings. The normalized spacial score (nSPS) is 12.1. The Hall–Kier alpha value is -2.77. The summed E-state index contributed by atoms with van der Waals surface area (Å²) in [6.07, 6.45) is 2.93. The van der Waals surface area contributed by atoms with Crippen LogP contribution >= 0.6 is 0 Å². The Balaban J connectivity index is 2.03. The molecule has 1 unspecified atom stereocenters. The minimum Gasteiger partial charge on any atom is -0.467 e. The fourth-order valence-electron chi connectivity index (χ4n) is 1.65. The number of anilines is 1. The summed E-state index contributed by atoms with van der Waals surface area (Å²) in [6, 6.07) is 2.86. The first-order valence-corrected chi connectivity index (χ1v) is 5.93. The molecule has 2 rings (SSSR count). The molecule has 2 aromatic rings. The molecule has 0 radical (unpaired) electrons. The zero-order valence-electron chi connectivity index (χ0n) is 10.9. The van der Waals surface area contributed by atoms with E-state index in [1.54, 1.807) is 19.1 Å². The van der Waals surface area contributed by atoms with E-state index in [0.29, 0.717) is 5.76 Å². The Bertz CT molecular complexity index is 617. The van der Waals surface area contributed by atoms with Crippen molar-refractivity contribution in [2.24, 2.45) is 5.73 Å². The van der Waals surface area contributed by atoms with Crippen LogP contribution in [0.4, 0.5) is 5.69 Å². The van der Waals surface area contributed by atoms with E-state index in [2.05, 4.69) is 10.4 Å². The first-order valence-electron chi connectivity index (χ1n) is 5.93. The second-order valence-electron chi connectivity index (χ2n) is 4.25. The van der Waals surface area contributed by atoms with Crippen molar-refractivity contribution in [3.8, 4) is 0 Å². The zero-order valence-corrected chi connectivity index (χ0v) is 10.9. The largest absolute Gasteiger partial charge is 0.467 e. The predicted octanol–water partition coefficient (Wildman–Crippen LogP) is 0.0346. The molecule has 2 amide bonds. The standard InChI is InChI=1S/C12H15N5O3/c1-7(12(19)15-5-8-3-2-4-20-8)17-6-9(13)10(16-17)11(14)18/h2-4,6-7H,5,13H2,1H3,(H2,14,18)(H,15,19). The fraction of sp³-hybridized carbons (Fsp3) is 0.250. The molecule has 0 spiro atoms. The highest BCUT2D eigenvalue weighted by atomic mass is 16.3. The fourth-order valence-corrected chi connectivity index (χ4v) is 1.65. The molecule has 20 heavy (non-hydrogen) atoms. The van der Waals surface area contributed by atoms with Crippen molar-refractivity contribution in [2.45, 2.75) is 19.5 Å². The summed E-state index contributed by atoms with van der Waals surface area (Å²) < 4.78 is 6.40. The van der Waals surface area contributed by atoms with Crippen LogP contribution in [-0.2, 0) is 11.3 Å². The first-order chi connectivity index (χ1) is 9.49. The SMILES string of the molecule is CC(C(=O)NCc1ccco1)n1cc(N)c(C(N)=O)n1. The number of rotatable bonds is 5. The van der Waals surface area contributed by atoms with Gasteiger partial charge in [0.25, 0.3) is 5.91 Å². The van der Waals surface area contributed by atoms with E-state index in [9.17, 15) is 9.59 Å². The molecule has 106 valence electrons. The monoisotopic (exact) mass is 277 g/mol. The summed E-state index contributed by atoms with van der Waals surface area (Å²) in [5.74, 6) is -0.368. The lowest BCUT2D eigenvalue weighted by molar-refractivity contribution is -0.124. The number of aromatic nitrogens is 2. The number of nitrogens with zero attached hydrogens (tertiary/aromatic N) is 2. The van der Waals surface area contributed by atoms with Crippen molar-refractivity contribution < 1.29 is 14.0 Å². The molecule has 5 N–H and O–H groups in total. The maximum atomic E-state index is 12.0. The van der Waals surface area contributed by atoms with E-state index in [1.165, 1.54) is 17.1 Å². The van der Waals surface area contributed by atoms with Gasteiger partial charge in [-0.2, -0.15) is 5.10 Å². The number of nitrogen functional groups attached to an aromatic ring is 1. The summed E-state index contributed by atoms with van der Waals surface area (Å²) in [5.41, 5.74) is 10.8. The molecule has 2 heterocycles. The van der Waals surface area contributed by atoms with Crippen LogP contribution in [-0.4, -0.2) is 21.6 Å². The van der Waals surface area contributed by atoms with Gasteiger partial charge in [0, 0.05) is 6.20 Å². The van der Waals surface area contributed by atoms with E-state index < -0.39 is 11.9 Å². The third kappa shape index (κ3) is 2.79. The second kappa shape index (κ2) is 5.47. The topological polar surface area (TPSA) is 129 Å². The van der Waals surface area contributed by atoms with E-state index in [1.807, 2.05) is 0 Å². The molecule has 8 nitrogen and oxygen atoms in total. The number of nitrogens with one attached hydrogen (secondary N) is 1. The van der Waals surface area contributed by atoms with Crippen LogP contribution in [0.2, 0.25) is 0 Å². The Morgan fingerprint density at radius 2 is 2.30 bits per heavy atom. The molecule has 0 saturated heterocycles. The summed E-state index contributed by atoms with van der Waals surface area (Å²) in [7, 11) is 0. The van der Waals surface area contributed by atoms with Gasteiger partial charge in [-0.3, -0.25) is 14.3 Å². The molecule has 0 aliphatic carbocycles. The second-order valence-corrected chi connectivity index (χ2v) is 4.25. The van der Waals surface area contributed by atoms with Crippen LogP contribution in [0.3, 0.4) is 0 Å². The lowest BCUT2D eigenvalue weighted by atomic mass is 10.3. The van der Waals surface area contributed by atoms with Gasteiger partial charge in [0.15, 0.2) is 5.69 Å². The van der Waals surface area contributed by atoms with Gasteiger partial charge in [-0.25, -0.2) is 0 Å². The van der Waals surface area contributed by atoms with Crippen LogP contribution in [0.15, 0.2) is 29.0 Å². The van der Waals surface area contributed by atoms with Gasteiger partial charge >= 0.3 is 0 Å². The Morgan fingerprint density at radius 3 is 2.85 bits per heavy atom. The van der Waals surface area contributed by atoms with E-state index >= 15 is 0 Å². The maximum Gasteiger partial charge on any atom is 0.271 e. The van der Waals surface area contributed by atoms with Gasteiger partial charge in [0.1, 0.15) is 11.8 Å². The van der Waals surface area contributed by atoms with Gasteiger partial charge in [-0.05, 0) is 19.1 Å². The number of hydrogen-bond donors (Lipinski definition) is 3. The lowest BCUT2D eigenvalue weighted by Gasteiger charge is -2.11. The first kappa shape index (κ1) is 13.7. The summed E-state index contributed by atoms with van der Waals surface area (Å²) >= 11 is 0. The molecular weight excluding hydrogens is 262 g/mol. The molecular formula is C12H15N5O3. The van der Waals surface area contributed by atoms with Gasteiger partial charge in [-0.15, -0.1) is 0 Å². The van der Waals surface area contributed by atoms with E-state index in [4.69, 9.17) is 15.9 Å². The van der Waals surface area contributed by atoms with Crippen LogP contribution in [0, 0.1) is 0 Å². The number of furan rings is 1. The third-order valence-electron chi connectivity index (χ3n) is 2.79. The molecule has 1 atom stereocenters. The average molecular weight is 277 g/mol. The Morgan fingerprint density at radius 1 is 1.55 bits per heavy atom. The highest BCUT2D eigenvalue weighted by Crippen LogP contribution is 2.13. The molecule has 0 bridgehead atoms. The Kier molecular flexibility index (Phi) is 3.74. The van der Waals surface area contributed by atoms with Gasteiger partial charge in [0.2, 0.25) is 5.91 Å². The summed E-state index contributed by atoms with van der Waals surface area (Å²) in [4.78, 5) is 23.0. The molecule has 2 aromatic heterocycles. The number of hydrogen-bond acceptors (Lipinski definition) is 5. The summed E-state index contributed by atoms with van der Waals surface area (Å²) in [6.45, 7) is 1.91. The maximum absolute atomic E-state index is 12.0. The molecule has 8 heteroatoms. The number of nitrogens with two attached hydrogens (primary N) is 2. The van der Waals surface area contributed by atoms with Gasteiger partial charge in [-0.1, -0.05) is 0 Å². The average Bonchev–Trinajstić information content (AvgIpc) is 3.04. The molecule has 0 fully saturated rings. The minimum atomic E-state index is -0.732. The van der Waals surface area contributed by atoms with Gasteiger partial charge < -0.3 is 21.2 Å². The van der Waals surface area contributed by atoms with Crippen molar-refractivity contribution in [1.82, 2.24) is 15.1 Å². The highest BCUT2D eigenvalue weighted by molar-refractivity contribution is 5.95. The van der Waals surface area contributed by atoms with Crippen molar-refractivity contribution in [3.05, 3.63) is 36.0 Å². The number of carbonyl (C=O) groups excluding carboxylic acids is 2. The van der Waals surface area contributed by atoms with E-state index in [0.717, 1.165) is 0 Å². The van der Waals surface area contributed by atoms with Crippen LogP contribution < -0.4 is 16.8 Å². The minimum absolute atomic E-state index is 0.0457. The quantitative estimate of drug-likeness (QED) is 0.710. The molecule has 0 saturated carbocycles. The molecule has 0 aliphatic heterocycles. The number of carbonyl (C=O) groups is 2. The van der Waals surface area contributed by atoms with Gasteiger partial charge in [0.05, 0.1) is 18.5 Å². The summed E-state index contributed by atoms with van der Waals surface area (Å²) in [5, 5.41) is 6.60.